The number of halogens is 1. The molecule has 0 saturated carbocycles. The maximum Gasteiger partial charge on any atom is 0.240 e. The van der Waals surface area contributed by atoms with E-state index in [1.807, 2.05) is 11.0 Å². The number of benzene rings is 1. The molecule has 2 aliphatic heterocycles. The van der Waals surface area contributed by atoms with Gasteiger partial charge in [0.1, 0.15) is 12.1 Å². The third kappa shape index (κ3) is 3.54. The number of likely N-dealkylation sites (tertiary alicyclic amines) is 2. The van der Waals surface area contributed by atoms with Gasteiger partial charge < -0.3 is 4.90 Å². The van der Waals surface area contributed by atoms with E-state index in [0.717, 1.165) is 37.1 Å². The Kier molecular flexibility index (Phi) is 4.44. The van der Waals surface area contributed by atoms with Crippen molar-refractivity contribution in [3.8, 4) is 0 Å². The second kappa shape index (κ2) is 6.88. The Morgan fingerprint density at radius 2 is 2.00 bits per heavy atom. The van der Waals surface area contributed by atoms with Crippen molar-refractivity contribution in [2.45, 2.75) is 32.0 Å². The quantitative estimate of drug-likeness (QED) is 0.856. The van der Waals surface area contributed by atoms with Gasteiger partial charge in [0.05, 0.1) is 6.04 Å². The highest BCUT2D eigenvalue weighted by Crippen LogP contribution is 2.31. The fourth-order valence-electron chi connectivity index (χ4n) is 3.96. The van der Waals surface area contributed by atoms with Crippen molar-refractivity contribution in [3.05, 3.63) is 59.9 Å². The fourth-order valence-corrected chi connectivity index (χ4v) is 3.96. The topological polar surface area (TPSA) is 49.3 Å². The summed E-state index contributed by atoms with van der Waals surface area (Å²) in [5.41, 5.74) is 1.87. The Hall–Kier alpha value is -2.34. The molecule has 0 spiro atoms. The van der Waals surface area contributed by atoms with E-state index in [-0.39, 0.29) is 17.8 Å². The Balaban J connectivity index is 1.49. The molecular formula is C19H21FN4O. The summed E-state index contributed by atoms with van der Waals surface area (Å²) in [7, 11) is 0. The second-order valence-corrected chi connectivity index (χ2v) is 6.97. The van der Waals surface area contributed by atoms with Crippen LogP contribution in [-0.2, 0) is 17.9 Å². The summed E-state index contributed by atoms with van der Waals surface area (Å²) in [6.45, 7) is 2.86. The normalized spacial score (nSPS) is 23.7. The summed E-state index contributed by atoms with van der Waals surface area (Å²) < 4.78 is 13.4. The van der Waals surface area contributed by atoms with Crippen LogP contribution in [0.4, 0.5) is 4.39 Å². The molecule has 2 aliphatic rings. The SMILES string of the molecule is O=C1[C@H]2C[C@H](CCN2Cc2cncnc2)CN1Cc1cccc(F)c1. The lowest BCUT2D eigenvalue weighted by Crippen LogP contribution is -2.58. The molecule has 0 N–H and O–H groups in total. The number of carbonyl (C=O) groups excluding carboxylic acids is 1. The van der Waals surface area contributed by atoms with E-state index in [0.29, 0.717) is 19.0 Å². The van der Waals surface area contributed by atoms with Crippen molar-refractivity contribution in [3.63, 3.8) is 0 Å². The van der Waals surface area contributed by atoms with Crippen LogP contribution in [0.2, 0.25) is 0 Å². The zero-order valence-corrected chi connectivity index (χ0v) is 14.0. The lowest BCUT2D eigenvalue weighted by atomic mass is 9.85. The molecule has 1 aromatic heterocycles. The van der Waals surface area contributed by atoms with Crippen LogP contribution in [-0.4, -0.2) is 44.8 Å². The number of rotatable bonds is 4. The molecule has 130 valence electrons. The minimum atomic E-state index is -0.257. The first-order chi connectivity index (χ1) is 12.2. The van der Waals surface area contributed by atoms with Crippen molar-refractivity contribution in [2.75, 3.05) is 13.1 Å². The first kappa shape index (κ1) is 16.1. The average Bonchev–Trinajstić information content (AvgIpc) is 2.62. The van der Waals surface area contributed by atoms with E-state index < -0.39 is 0 Å². The zero-order valence-electron chi connectivity index (χ0n) is 14.0. The van der Waals surface area contributed by atoms with Gasteiger partial charge in [-0.05, 0) is 43.0 Å². The van der Waals surface area contributed by atoms with E-state index in [1.54, 1.807) is 18.5 Å². The van der Waals surface area contributed by atoms with Crippen molar-refractivity contribution < 1.29 is 9.18 Å². The summed E-state index contributed by atoms with van der Waals surface area (Å²) in [6.07, 6.45) is 7.11. The van der Waals surface area contributed by atoms with Crippen LogP contribution in [0.25, 0.3) is 0 Å². The van der Waals surface area contributed by atoms with E-state index in [9.17, 15) is 9.18 Å². The molecule has 2 saturated heterocycles. The summed E-state index contributed by atoms with van der Waals surface area (Å²) in [5, 5.41) is 0. The van der Waals surface area contributed by atoms with Crippen molar-refractivity contribution in [2.24, 2.45) is 5.92 Å². The number of amides is 1. The van der Waals surface area contributed by atoms with Crippen LogP contribution in [0.15, 0.2) is 43.0 Å². The summed E-state index contributed by atoms with van der Waals surface area (Å²) >= 11 is 0. The number of hydrogen-bond donors (Lipinski definition) is 0. The highest BCUT2D eigenvalue weighted by atomic mass is 19.1. The van der Waals surface area contributed by atoms with Crippen LogP contribution in [0, 0.1) is 11.7 Å². The van der Waals surface area contributed by atoms with Crippen LogP contribution in [0.5, 0.6) is 0 Å². The van der Waals surface area contributed by atoms with Crippen LogP contribution >= 0.6 is 0 Å². The third-order valence-corrected chi connectivity index (χ3v) is 5.16. The first-order valence-electron chi connectivity index (χ1n) is 8.70. The Morgan fingerprint density at radius 3 is 2.80 bits per heavy atom. The molecule has 3 heterocycles. The lowest BCUT2D eigenvalue weighted by Gasteiger charge is -2.46. The number of hydrogen-bond acceptors (Lipinski definition) is 4. The molecule has 25 heavy (non-hydrogen) atoms. The average molecular weight is 340 g/mol. The van der Waals surface area contributed by atoms with E-state index >= 15 is 0 Å². The van der Waals surface area contributed by atoms with Crippen molar-refractivity contribution in [1.82, 2.24) is 19.8 Å². The maximum absolute atomic E-state index is 13.4. The van der Waals surface area contributed by atoms with Gasteiger partial charge >= 0.3 is 0 Å². The molecule has 0 radical (unpaired) electrons. The molecule has 2 atom stereocenters. The summed E-state index contributed by atoms with van der Waals surface area (Å²) in [4.78, 5) is 25.2. The van der Waals surface area contributed by atoms with Crippen LogP contribution in [0.1, 0.15) is 24.0 Å². The number of nitrogens with zero attached hydrogens (tertiary/aromatic N) is 4. The van der Waals surface area contributed by atoms with Gasteiger partial charge in [-0.1, -0.05) is 12.1 Å². The Morgan fingerprint density at radius 1 is 1.16 bits per heavy atom. The molecule has 2 bridgehead atoms. The molecule has 1 aromatic carbocycles. The molecule has 2 fully saturated rings. The number of aromatic nitrogens is 2. The van der Waals surface area contributed by atoms with Crippen LogP contribution < -0.4 is 0 Å². The van der Waals surface area contributed by atoms with Gasteiger partial charge in [-0.15, -0.1) is 0 Å². The minimum absolute atomic E-state index is 0.0961. The number of piperidine rings is 2. The van der Waals surface area contributed by atoms with Gasteiger partial charge in [0.15, 0.2) is 0 Å². The molecule has 1 amide bonds. The van der Waals surface area contributed by atoms with Crippen molar-refractivity contribution >= 4 is 5.91 Å². The van der Waals surface area contributed by atoms with Gasteiger partial charge in [0, 0.05) is 37.6 Å². The standard InChI is InChI=1S/C19H21FN4O/c20-17-3-1-2-14(6-17)10-24-11-15-4-5-23(18(7-15)19(24)25)12-16-8-21-13-22-9-16/h1-3,6,8-9,13,15,18H,4-5,7,10-12H2/t15-,18+/m0/s1. The third-order valence-electron chi connectivity index (χ3n) is 5.16. The molecule has 6 heteroatoms. The molecule has 4 rings (SSSR count). The molecule has 2 aromatic rings. The van der Waals surface area contributed by atoms with E-state index in [4.69, 9.17) is 0 Å². The second-order valence-electron chi connectivity index (χ2n) is 6.97. The molecule has 0 unspecified atom stereocenters. The first-order valence-corrected chi connectivity index (χ1v) is 8.70. The van der Waals surface area contributed by atoms with E-state index in [1.165, 1.54) is 18.5 Å². The minimum Gasteiger partial charge on any atom is -0.337 e. The fraction of sp³-hybridized carbons (Fsp3) is 0.421. The van der Waals surface area contributed by atoms with Gasteiger partial charge in [0.25, 0.3) is 0 Å². The van der Waals surface area contributed by atoms with Gasteiger partial charge in [-0.3, -0.25) is 9.69 Å². The maximum atomic E-state index is 13.4. The molecular weight excluding hydrogens is 319 g/mol. The monoisotopic (exact) mass is 340 g/mol. The molecule has 5 nitrogen and oxygen atoms in total. The zero-order chi connectivity index (χ0) is 17.2. The summed E-state index contributed by atoms with van der Waals surface area (Å²) in [6, 6.07) is 6.42. The van der Waals surface area contributed by atoms with Gasteiger partial charge in [-0.2, -0.15) is 0 Å². The Bertz CT molecular complexity index is 754. The highest BCUT2D eigenvalue weighted by Gasteiger charge is 2.41. The van der Waals surface area contributed by atoms with E-state index in [2.05, 4.69) is 14.9 Å². The smallest absolute Gasteiger partial charge is 0.240 e. The van der Waals surface area contributed by atoms with Crippen LogP contribution in [0.3, 0.4) is 0 Å². The predicted octanol–water partition coefficient (Wildman–Crippen LogP) is 2.24. The van der Waals surface area contributed by atoms with Gasteiger partial charge in [-0.25, -0.2) is 14.4 Å². The van der Waals surface area contributed by atoms with Gasteiger partial charge in [0.2, 0.25) is 5.91 Å². The highest BCUT2D eigenvalue weighted by molar-refractivity contribution is 5.83. The summed E-state index contributed by atoms with van der Waals surface area (Å²) in [5.74, 6) is 0.421. The number of carbonyl (C=O) groups is 1. The Labute approximate surface area is 146 Å². The predicted molar refractivity (Wildman–Crippen MR) is 90.8 cm³/mol. The largest absolute Gasteiger partial charge is 0.337 e. The lowest BCUT2D eigenvalue weighted by molar-refractivity contribution is -0.146. The van der Waals surface area contributed by atoms with Crippen molar-refractivity contribution in [1.29, 1.82) is 0 Å². The number of fused-ring (bicyclic) bond motifs is 2. The molecule has 0 aliphatic carbocycles.